The van der Waals surface area contributed by atoms with Gasteiger partial charge in [-0.15, -0.1) is 0 Å². The summed E-state index contributed by atoms with van der Waals surface area (Å²) < 4.78 is 11.2. The highest BCUT2D eigenvalue weighted by molar-refractivity contribution is 5.68. The summed E-state index contributed by atoms with van der Waals surface area (Å²) in [6, 6.07) is 0.535. The van der Waals surface area contributed by atoms with Gasteiger partial charge in [0.15, 0.2) is 0 Å². The minimum Gasteiger partial charge on any atom is -0.497 e. The lowest BCUT2D eigenvalue weighted by molar-refractivity contribution is 0.00161. The number of nitrogens with zero attached hydrogens (tertiary/aromatic N) is 4. The van der Waals surface area contributed by atoms with Crippen molar-refractivity contribution < 1.29 is 14.3 Å². The van der Waals surface area contributed by atoms with Crippen LogP contribution in [-0.2, 0) is 9.47 Å². The third-order valence-electron chi connectivity index (χ3n) is 5.86. The third-order valence-corrected chi connectivity index (χ3v) is 5.86. The van der Waals surface area contributed by atoms with Gasteiger partial charge >= 0.3 is 6.09 Å². The molecule has 0 bridgehead atoms. The number of carbonyl (C=O) groups is 1. The molecule has 0 aliphatic carbocycles. The Morgan fingerprint density at radius 3 is 2.37 bits per heavy atom. The van der Waals surface area contributed by atoms with Crippen molar-refractivity contribution in [3.8, 4) is 0 Å². The number of hydrogen-bond acceptors (Lipinski definition) is 6. The first-order valence-electron chi connectivity index (χ1n) is 10.1. The zero-order valence-corrected chi connectivity index (χ0v) is 17.1. The van der Waals surface area contributed by atoms with Crippen LogP contribution in [0.5, 0.6) is 0 Å². The third kappa shape index (κ3) is 4.96. The van der Waals surface area contributed by atoms with Gasteiger partial charge in [-0.25, -0.2) is 4.79 Å². The molecule has 0 N–H and O–H groups in total. The average Bonchev–Trinajstić information content (AvgIpc) is 2.69. The van der Waals surface area contributed by atoms with Crippen molar-refractivity contribution in [2.75, 3.05) is 53.4 Å². The molecule has 0 aromatic heterocycles. The zero-order chi connectivity index (χ0) is 19.4. The van der Waals surface area contributed by atoms with E-state index in [-0.39, 0.29) is 18.4 Å². The van der Waals surface area contributed by atoms with Crippen LogP contribution in [0.25, 0.3) is 0 Å². The van der Waals surface area contributed by atoms with Crippen LogP contribution >= 0.6 is 0 Å². The molecular weight excluding hydrogens is 344 g/mol. The van der Waals surface area contributed by atoms with Gasteiger partial charge in [-0.2, -0.15) is 0 Å². The maximum Gasteiger partial charge on any atom is 0.410 e. The predicted molar refractivity (Wildman–Crippen MR) is 105 cm³/mol. The number of likely N-dealkylation sites (N-methyl/N-ethyl adjacent to an activating group) is 1. The summed E-state index contributed by atoms with van der Waals surface area (Å²) in [6.45, 7) is 9.62. The Morgan fingerprint density at radius 1 is 1.11 bits per heavy atom. The minimum atomic E-state index is -0.142. The second-order valence-corrected chi connectivity index (χ2v) is 7.90. The maximum absolute atomic E-state index is 12.5. The number of amides is 1. The Bertz CT molecular complexity index is 562. The zero-order valence-electron chi connectivity index (χ0n) is 17.1. The Kier molecular flexibility index (Phi) is 6.65. The molecule has 3 aliphatic heterocycles. The van der Waals surface area contributed by atoms with Crippen LogP contribution in [0.3, 0.4) is 0 Å². The predicted octanol–water partition coefficient (Wildman–Crippen LogP) is 1.93. The Balaban J connectivity index is 1.44. The van der Waals surface area contributed by atoms with Gasteiger partial charge < -0.3 is 19.3 Å². The molecular formula is C20H34N4O3. The first kappa shape index (κ1) is 20.0. The van der Waals surface area contributed by atoms with Crippen molar-refractivity contribution in [3.05, 3.63) is 24.1 Å². The van der Waals surface area contributed by atoms with E-state index in [2.05, 4.69) is 41.7 Å². The lowest BCUT2D eigenvalue weighted by Crippen LogP contribution is -2.52. The number of likely N-dealkylation sites (tertiary alicyclic amines) is 1. The van der Waals surface area contributed by atoms with Gasteiger partial charge in [-0.05, 0) is 38.8 Å². The molecule has 2 fully saturated rings. The highest BCUT2D eigenvalue weighted by atomic mass is 16.6. The molecule has 152 valence electrons. The van der Waals surface area contributed by atoms with Crippen molar-refractivity contribution in [2.45, 2.75) is 45.0 Å². The second-order valence-electron chi connectivity index (χ2n) is 7.90. The van der Waals surface area contributed by atoms with E-state index in [1.807, 2.05) is 17.2 Å². The molecule has 1 amide bonds. The molecule has 27 heavy (non-hydrogen) atoms. The molecule has 0 aromatic rings. The molecule has 1 atom stereocenters. The molecule has 7 nitrogen and oxygen atoms in total. The number of hydrogen-bond donors (Lipinski definition) is 0. The summed E-state index contributed by atoms with van der Waals surface area (Å²) >= 11 is 0. The number of ether oxygens (including phenoxy) is 2. The SMILES string of the molecule is COC1=CC(N2CCC(OC(=O)N3CCN(C(C)C)CC3)CC2)N(C)C=C1. The van der Waals surface area contributed by atoms with Gasteiger partial charge in [0.1, 0.15) is 18.0 Å². The number of rotatable bonds is 4. The van der Waals surface area contributed by atoms with E-state index in [0.29, 0.717) is 6.04 Å². The van der Waals surface area contributed by atoms with Crippen molar-refractivity contribution in [1.29, 1.82) is 0 Å². The number of methoxy groups -OCH3 is 1. The largest absolute Gasteiger partial charge is 0.497 e. The fourth-order valence-corrected chi connectivity index (χ4v) is 3.99. The summed E-state index contributed by atoms with van der Waals surface area (Å²) in [5.41, 5.74) is 0. The molecule has 7 heteroatoms. The van der Waals surface area contributed by atoms with Crippen LogP contribution in [0.1, 0.15) is 26.7 Å². The quantitative estimate of drug-likeness (QED) is 0.745. The number of allylic oxidation sites excluding steroid dienone is 1. The summed E-state index contributed by atoms with van der Waals surface area (Å²) in [6.07, 6.45) is 8.00. The van der Waals surface area contributed by atoms with E-state index in [4.69, 9.17) is 9.47 Å². The van der Waals surface area contributed by atoms with Crippen molar-refractivity contribution >= 4 is 6.09 Å². The molecule has 1 unspecified atom stereocenters. The molecule has 3 rings (SSSR count). The highest BCUT2D eigenvalue weighted by Crippen LogP contribution is 2.22. The van der Waals surface area contributed by atoms with E-state index in [9.17, 15) is 4.79 Å². The summed E-state index contributed by atoms with van der Waals surface area (Å²) in [7, 11) is 3.78. The van der Waals surface area contributed by atoms with Gasteiger partial charge in [0, 0.05) is 58.6 Å². The van der Waals surface area contributed by atoms with Gasteiger partial charge in [0.05, 0.1) is 7.11 Å². The molecule has 3 heterocycles. The van der Waals surface area contributed by atoms with Gasteiger partial charge in [0.2, 0.25) is 0 Å². The lowest BCUT2D eigenvalue weighted by atomic mass is 10.1. The smallest absolute Gasteiger partial charge is 0.410 e. The van der Waals surface area contributed by atoms with Crippen LogP contribution in [0, 0.1) is 0 Å². The van der Waals surface area contributed by atoms with Crippen molar-refractivity contribution in [2.24, 2.45) is 0 Å². The first-order chi connectivity index (χ1) is 13.0. The summed E-state index contributed by atoms with van der Waals surface area (Å²) in [5, 5.41) is 0. The topological polar surface area (TPSA) is 48.5 Å². The molecule has 0 spiro atoms. The summed E-state index contributed by atoms with van der Waals surface area (Å²) in [5.74, 6) is 0.896. The first-order valence-corrected chi connectivity index (χ1v) is 10.1. The maximum atomic E-state index is 12.5. The standard InChI is InChI=1S/C20H34N4O3/c1-16(2)22-11-13-24(14-12-22)20(25)27-17-6-9-23(10-7-17)19-15-18(26-4)5-8-21(19)3/h5,8,15-17,19H,6-7,9-14H2,1-4H3. The van der Waals surface area contributed by atoms with Crippen LogP contribution in [-0.4, -0.2) is 97.4 Å². The van der Waals surface area contributed by atoms with E-state index in [1.165, 1.54) is 0 Å². The monoisotopic (exact) mass is 378 g/mol. The van der Waals surface area contributed by atoms with Gasteiger partial charge in [0.25, 0.3) is 0 Å². The number of piperazine rings is 1. The summed E-state index contributed by atoms with van der Waals surface area (Å²) in [4.78, 5) is 21.3. The molecule has 0 radical (unpaired) electrons. The van der Waals surface area contributed by atoms with E-state index < -0.39 is 0 Å². The van der Waals surface area contributed by atoms with Crippen molar-refractivity contribution in [1.82, 2.24) is 19.6 Å². The van der Waals surface area contributed by atoms with E-state index in [1.54, 1.807) is 7.11 Å². The Labute approximate surface area is 163 Å². The lowest BCUT2D eigenvalue weighted by Gasteiger charge is -2.41. The van der Waals surface area contributed by atoms with Crippen LogP contribution in [0.4, 0.5) is 4.79 Å². The van der Waals surface area contributed by atoms with Gasteiger partial charge in [-0.1, -0.05) is 0 Å². The Morgan fingerprint density at radius 2 is 1.78 bits per heavy atom. The van der Waals surface area contributed by atoms with E-state index in [0.717, 1.165) is 57.9 Å². The minimum absolute atomic E-state index is 0.0205. The molecule has 0 aromatic carbocycles. The van der Waals surface area contributed by atoms with Crippen LogP contribution < -0.4 is 0 Å². The molecule has 0 saturated carbocycles. The average molecular weight is 379 g/mol. The van der Waals surface area contributed by atoms with Gasteiger partial charge in [-0.3, -0.25) is 9.80 Å². The normalized spacial score (nSPS) is 25.7. The Hall–Kier alpha value is -1.73. The molecule has 2 saturated heterocycles. The number of carbonyl (C=O) groups excluding carboxylic acids is 1. The van der Waals surface area contributed by atoms with Crippen LogP contribution in [0.15, 0.2) is 24.1 Å². The van der Waals surface area contributed by atoms with Crippen molar-refractivity contribution in [3.63, 3.8) is 0 Å². The fraction of sp³-hybridized carbons (Fsp3) is 0.750. The van der Waals surface area contributed by atoms with E-state index >= 15 is 0 Å². The van der Waals surface area contributed by atoms with Crippen LogP contribution in [0.2, 0.25) is 0 Å². The number of piperidine rings is 1. The fourth-order valence-electron chi connectivity index (χ4n) is 3.99. The highest BCUT2D eigenvalue weighted by Gasteiger charge is 2.30. The molecule has 3 aliphatic rings. The second kappa shape index (κ2) is 8.97.